The van der Waals surface area contributed by atoms with Gasteiger partial charge in [0, 0.05) is 44.8 Å². The minimum absolute atomic E-state index is 0.0720. The fourth-order valence-corrected chi connectivity index (χ4v) is 5.40. The second-order valence-electron chi connectivity index (χ2n) is 9.01. The highest BCUT2D eigenvalue weighted by Crippen LogP contribution is 2.32. The number of nitriles is 1. The van der Waals surface area contributed by atoms with Gasteiger partial charge < -0.3 is 10.6 Å². The number of carbonyl (C=O) groups excluding carboxylic acids is 1. The van der Waals surface area contributed by atoms with Crippen LogP contribution in [0, 0.1) is 11.3 Å². The van der Waals surface area contributed by atoms with Crippen molar-refractivity contribution in [2.75, 3.05) is 39.8 Å². The summed E-state index contributed by atoms with van der Waals surface area (Å²) in [6.45, 7) is 17.7. The van der Waals surface area contributed by atoms with Crippen LogP contribution in [-0.2, 0) is 21.4 Å². The smallest absolute Gasteiger partial charge is 0.241 e. The van der Waals surface area contributed by atoms with Crippen molar-refractivity contribution in [3.63, 3.8) is 0 Å². The van der Waals surface area contributed by atoms with E-state index in [0.717, 1.165) is 31.5 Å². The first-order valence-corrected chi connectivity index (χ1v) is 15.6. The molecule has 2 aliphatic heterocycles. The molecular weight excluding hydrogens is 500 g/mol. The van der Waals surface area contributed by atoms with Gasteiger partial charge in [0.05, 0.1) is 17.0 Å². The number of piperazine rings is 1. The third-order valence-electron chi connectivity index (χ3n) is 6.15. The third-order valence-corrected chi connectivity index (χ3v) is 7.56. The summed E-state index contributed by atoms with van der Waals surface area (Å²) in [5, 5.41) is 8.95. The molecule has 9 nitrogen and oxygen atoms in total. The first kappa shape index (κ1) is 36.0. The molecule has 0 aliphatic carbocycles. The fourth-order valence-electron chi connectivity index (χ4n) is 4.60. The number of sulfonamides is 1. The molecule has 3 atom stereocenters. The van der Waals surface area contributed by atoms with Crippen molar-refractivity contribution >= 4 is 15.9 Å². The van der Waals surface area contributed by atoms with E-state index >= 15 is 0 Å². The van der Waals surface area contributed by atoms with E-state index in [1.165, 1.54) is 18.4 Å². The van der Waals surface area contributed by atoms with E-state index in [1.807, 2.05) is 46.8 Å². The van der Waals surface area contributed by atoms with Gasteiger partial charge in [0.25, 0.3) is 0 Å². The van der Waals surface area contributed by atoms with Crippen LogP contribution in [0.1, 0.15) is 73.3 Å². The molecule has 1 aromatic rings. The highest BCUT2D eigenvalue weighted by Gasteiger charge is 2.43. The van der Waals surface area contributed by atoms with Crippen LogP contribution >= 0.6 is 0 Å². The van der Waals surface area contributed by atoms with Gasteiger partial charge in [0.1, 0.15) is 6.54 Å². The maximum atomic E-state index is 12.6. The van der Waals surface area contributed by atoms with Gasteiger partial charge in [-0.15, -0.1) is 0 Å². The van der Waals surface area contributed by atoms with Gasteiger partial charge in [-0.2, -0.15) is 5.26 Å². The lowest BCUT2D eigenvalue weighted by Gasteiger charge is -2.35. The second-order valence-corrected chi connectivity index (χ2v) is 10.9. The third kappa shape index (κ3) is 10.6. The summed E-state index contributed by atoms with van der Waals surface area (Å²) in [5.74, 6) is -0.161. The monoisotopic (exact) mass is 552 g/mol. The summed E-state index contributed by atoms with van der Waals surface area (Å²) < 4.78 is 26.5. The molecule has 2 bridgehead atoms. The van der Waals surface area contributed by atoms with Crippen molar-refractivity contribution in [2.24, 2.45) is 5.73 Å². The molecule has 0 spiro atoms. The summed E-state index contributed by atoms with van der Waals surface area (Å²) in [7, 11) is -2.05. The van der Waals surface area contributed by atoms with E-state index in [4.69, 9.17) is 11.0 Å². The molecule has 1 amide bonds. The van der Waals surface area contributed by atoms with Crippen molar-refractivity contribution in [1.29, 1.82) is 5.26 Å². The number of nitrogens with zero attached hydrogens (tertiary/aromatic N) is 4. The van der Waals surface area contributed by atoms with E-state index < -0.39 is 16.1 Å². The Kier molecular flexibility index (Phi) is 18.1. The number of carbonyl (C=O) groups is 1. The Hall–Kier alpha value is -2.03. The van der Waals surface area contributed by atoms with E-state index in [2.05, 4.69) is 28.4 Å². The molecule has 1 aromatic carbocycles. The predicted octanol–water partition coefficient (Wildman–Crippen LogP) is 3.41. The van der Waals surface area contributed by atoms with Crippen LogP contribution in [0.15, 0.2) is 29.2 Å². The normalized spacial score (nSPS) is 19.1. The Labute approximate surface area is 232 Å². The summed E-state index contributed by atoms with van der Waals surface area (Å²) >= 11 is 0. The zero-order valence-electron chi connectivity index (χ0n) is 24.9. The molecule has 2 unspecified atom stereocenters. The van der Waals surface area contributed by atoms with Crippen molar-refractivity contribution in [3.8, 4) is 6.07 Å². The average molecular weight is 553 g/mol. The van der Waals surface area contributed by atoms with Gasteiger partial charge in [0.15, 0.2) is 0 Å². The Morgan fingerprint density at radius 1 is 1.16 bits per heavy atom. The fraction of sp³-hybridized carbons (Fsp3) is 0.714. The van der Waals surface area contributed by atoms with Crippen molar-refractivity contribution in [2.45, 2.75) is 97.3 Å². The molecular formula is C28H52N6O3S. The molecule has 2 aliphatic rings. The van der Waals surface area contributed by atoms with Crippen LogP contribution in [-0.4, -0.2) is 86.9 Å². The topological polar surface area (TPSA) is 123 Å². The summed E-state index contributed by atoms with van der Waals surface area (Å²) in [5.41, 5.74) is 7.17. The van der Waals surface area contributed by atoms with Crippen LogP contribution in [0.4, 0.5) is 0 Å². The number of fused-ring (bicyclic) bond motifs is 2. The maximum Gasteiger partial charge on any atom is 0.241 e. The number of hydrogen-bond donors (Lipinski definition) is 2. The molecule has 2 fully saturated rings. The van der Waals surface area contributed by atoms with E-state index in [0.29, 0.717) is 31.7 Å². The maximum absolute atomic E-state index is 12.6. The van der Waals surface area contributed by atoms with Crippen molar-refractivity contribution in [3.05, 3.63) is 29.8 Å². The minimum atomic E-state index is -3.46. The molecule has 3 rings (SSSR count). The zero-order valence-corrected chi connectivity index (χ0v) is 25.7. The van der Waals surface area contributed by atoms with E-state index in [9.17, 15) is 13.2 Å². The predicted molar refractivity (Wildman–Crippen MR) is 156 cm³/mol. The molecule has 3 N–H and O–H groups in total. The van der Waals surface area contributed by atoms with E-state index in [-0.39, 0.29) is 17.3 Å². The summed E-state index contributed by atoms with van der Waals surface area (Å²) in [4.78, 5) is 19.1. The Balaban J connectivity index is 0.00000179. The molecule has 0 radical (unpaired) electrons. The van der Waals surface area contributed by atoms with Crippen LogP contribution in [0.5, 0.6) is 0 Å². The molecule has 0 saturated carbocycles. The molecule has 10 heteroatoms. The summed E-state index contributed by atoms with van der Waals surface area (Å²) in [6.07, 6.45) is 3.06. The van der Waals surface area contributed by atoms with Gasteiger partial charge in [-0.25, -0.2) is 13.1 Å². The van der Waals surface area contributed by atoms with Crippen LogP contribution < -0.4 is 10.5 Å². The molecule has 38 heavy (non-hydrogen) atoms. The quantitative estimate of drug-likeness (QED) is 0.427. The number of likely N-dealkylation sites (tertiary alicyclic amines) is 2. The highest BCUT2D eigenvalue weighted by atomic mass is 32.2. The number of nitrogens with one attached hydrogen (secondary N) is 1. The first-order valence-electron chi connectivity index (χ1n) is 14.1. The van der Waals surface area contributed by atoms with Crippen LogP contribution in [0.25, 0.3) is 0 Å². The summed E-state index contributed by atoms with van der Waals surface area (Å²) in [6, 6.07) is 9.16. The standard InChI is InChI=1S/C21H32N6O3S.C3H8.2C2H6/c1-3-8-25(9-7-22)21(28)20(23)15-27-14-17-11-18(27)13-26(17)12-16-5-4-6-19(10-16)31(29,30)24-2;1-3-2;2*1-2/h4-6,10,17-18,20,24H,3,8-9,11-15,23H2,1-2H3;3H2,1-2H3;2*1-2H3/t17-,18?,20?;;;/m0.../s1. The number of nitrogens with two attached hydrogens (primary N) is 1. The Bertz CT molecular complexity index is 950. The Morgan fingerprint density at radius 2 is 1.74 bits per heavy atom. The van der Waals surface area contributed by atoms with Crippen molar-refractivity contribution < 1.29 is 13.2 Å². The lowest BCUT2D eigenvalue weighted by atomic mass is 10.2. The lowest BCUT2D eigenvalue weighted by Crippen LogP contribution is -2.54. The molecule has 2 heterocycles. The van der Waals surface area contributed by atoms with Crippen LogP contribution in [0.3, 0.4) is 0 Å². The van der Waals surface area contributed by atoms with Gasteiger partial charge in [0.2, 0.25) is 15.9 Å². The number of hydrogen-bond acceptors (Lipinski definition) is 7. The van der Waals surface area contributed by atoms with Gasteiger partial charge in [-0.05, 0) is 37.6 Å². The van der Waals surface area contributed by atoms with Crippen molar-refractivity contribution in [1.82, 2.24) is 19.4 Å². The van der Waals surface area contributed by atoms with Crippen LogP contribution in [0.2, 0.25) is 0 Å². The largest absolute Gasteiger partial charge is 0.328 e. The average Bonchev–Trinajstić information content (AvgIpc) is 3.51. The lowest BCUT2D eigenvalue weighted by molar-refractivity contribution is -0.132. The number of rotatable bonds is 10. The second kappa shape index (κ2) is 19.1. The van der Waals surface area contributed by atoms with Gasteiger partial charge in [-0.1, -0.05) is 67.0 Å². The first-order chi connectivity index (χ1) is 18.2. The number of amides is 1. The molecule has 2 saturated heterocycles. The molecule has 218 valence electrons. The minimum Gasteiger partial charge on any atom is -0.328 e. The van der Waals surface area contributed by atoms with E-state index in [1.54, 1.807) is 18.2 Å². The zero-order chi connectivity index (χ0) is 29.3. The highest BCUT2D eigenvalue weighted by molar-refractivity contribution is 7.89. The molecule has 0 aromatic heterocycles. The van der Waals surface area contributed by atoms with Gasteiger partial charge in [-0.3, -0.25) is 14.6 Å². The van der Waals surface area contributed by atoms with Gasteiger partial charge >= 0.3 is 0 Å². The SMILES string of the molecule is CC.CC.CCC.CCCN(CC#N)C(=O)C(N)CN1C[C@@H]2CC1CN2Cc1cccc(S(=O)(=O)NC)c1. The Morgan fingerprint density at radius 3 is 2.24 bits per heavy atom. The number of benzene rings is 1.